The highest BCUT2D eigenvalue weighted by Crippen LogP contribution is 2.20. The summed E-state index contributed by atoms with van der Waals surface area (Å²) in [6.45, 7) is 1.16. The molecule has 10 heavy (non-hydrogen) atoms. The summed E-state index contributed by atoms with van der Waals surface area (Å²) in [6, 6.07) is 4.73. The Hall–Kier alpha value is -0.890. The molecule has 0 aliphatic carbocycles. The van der Waals surface area contributed by atoms with Crippen LogP contribution in [-0.4, -0.2) is 11.5 Å². The van der Waals surface area contributed by atoms with Gasteiger partial charge in [0.15, 0.2) is 0 Å². The molecule has 1 fully saturated rings. The van der Waals surface area contributed by atoms with Crippen LogP contribution in [0.4, 0.5) is 0 Å². The van der Waals surface area contributed by atoms with Crippen LogP contribution < -0.4 is 5.32 Å². The van der Waals surface area contributed by atoms with Gasteiger partial charge in [0.25, 0.3) is 0 Å². The van der Waals surface area contributed by atoms with E-state index in [0.29, 0.717) is 6.04 Å². The van der Waals surface area contributed by atoms with E-state index in [4.69, 9.17) is 0 Å². The van der Waals surface area contributed by atoms with Gasteiger partial charge in [-0.15, -0.1) is 0 Å². The van der Waals surface area contributed by atoms with Crippen molar-refractivity contribution in [2.45, 2.75) is 12.5 Å². The number of rotatable bonds is 1. The number of pyridine rings is 1. The van der Waals surface area contributed by atoms with Gasteiger partial charge in [0.2, 0.25) is 0 Å². The van der Waals surface area contributed by atoms with Gasteiger partial charge in [0.1, 0.15) is 0 Å². The summed E-state index contributed by atoms with van der Waals surface area (Å²) in [5, 5.41) is 3.33. The molecule has 1 aliphatic heterocycles. The monoisotopic (exact) mass is 134 g/mol. The standard InChI is InChI=1S/C8H10N2/c1-4-9-5-2-7(1)8-3-6-10-8/h1-2,4-5,8,10H,3,6H2/t8-/m0/s1. The maximum absolute atomic E-state index is 3.96. The van der Waals surface area contributed by atoms with Gasteiger partial charge in [-0.05, 0) is 30.7 Å². The summed E-state index contributed by atoms with van der Waals surface area (Å²) >= 11 is 0. The van der Waals surface area contributed by atoms with Crippen molar-refractivity contribution in [3.05, 3.63) is 30.1 Å². The van der Waals surface area contributed by atoms with E-state index in [1.807, 2.05) is 12.4 Å². The average molecular weight is 134 g/mol. The molecule has 1 N–H and O–H groups in total. The van der Waals surface area contributed by atoms with Gasteiger partial charge in [0.05, 0.1) is 0 Å². The van der Waals surface area contributed by atoms with Crippen LogP contribution in [0.5, 0.6) is 0 Å². The second-order valence-corrected chi connectivity index (χ2v) is 2.58. The number of nitrogens with one attached hydrogen (secondary N) is 1. The van der Waals surface area contributed by atoms with Crippen molar-refractivity contribution in [3.8, 4) is 0 Å². The van der Waals surface area contributed by atoms with Crippen molar-refractivity contribution in [2.75, 3.05) is 6.54 Å². The average Bonchev–Trinajstić information content (AvgIpc) is 1.86. The summed E-state index contributed by atoms with van der Waals surface area (Å²) in [7, 11) is 0. The van der Waals surface area contributed by atoms with Crippen LogP contribution in [0.1, 0.15) is 18.0 Å². The highest BCUT2D eigenvalue weighted by atomic mass is 15.0. The molecule has 1 aromatic heterocycles. The summed E-state index contributed by atoms with van der Waals surface area (Å²) in [6.07, 6.45) is 4.95. The second kappa shape index (κ2) is 2.39. The Labute approximate surface area is 60.3 Å². The largest absolute Gasteiger partial charge is 0.310 e. The lowest BCUT2D eigenvalue weighted by Gasteiger charge is -2.27. The van der Waals surface area contributed by atoms with E-state index in [2.05, 4.69) is 22.4 Å². The molecule has 1 saturated heterocycles. The van der Waals surface area contributed by atoms with Gasteiger partial charge >= 0.3 is 0 Å². The predicted octanol–water partition coefficient (Wildman–Crippen LogP) is 1.12. The Morgan fingerprint density at radius 3 is 2.60 bits per heavy atom. The fourth-order valence-corrected chi connectivity index (χ4v) is 1.17. The van der Waals surface area contributed by atoms with Crippen LogP contribution in [-0.2, 0) is 0 Å². The summed E-state index contributed by atoms with van der Waals surface area (Å²) in [4.78, 5) is 3.96. The third-order valence-corrected chi connectivity index (χ3v) is 1.93. The lowest BCUT2D eigenvalue weighted by molar-refractivity contribution is 0.383. The maximum Gasteiger partial charge on any atom is 0.0333 e. The third-order valence-electron chi connectivity index (χ3n) is 1.93. The molecule has 0 radical (unpaired) electrons. The molecule has 2 heteroatoms. The molecule has 1 aromatic rings. The Morgan fingerprint density at radius 1 is 1.40 bits per heavy atom. The first-order chi connectivity index (χ1) is 4.97. The molecule has 0 spiro atoms. The minimum absolute atomic E-state index is 0.600. The fourth-order valence-electron chi connectivity index (χ4n) is 1.17. The van der Waals surface area contributed by atoms with E-state index in [9.17, 15) is 0 Å². The van der Waals surface area contributed by atoms with Crippen LogP contribution in [0.15, 0.2) is 24.5 Å². The van der Waals surface area contributed by atoms with E-state index in [-0.39, 0.29) is 0 Å². The van der Waals surface area contributed by atoms with Gasteiger partial charge in [-0.1, -0.05) is 0 Å². The number of nitrogens with zero attached hydrogens (tertiary/aromatic N) is 1. The van der Waals surface area contributed by atoms with Gasteiger partial charge in [-0.3, -0.25) is 4.98 Å². The zero-order chi connectivity index (χ0) is 6.81. The van der Waals surface area contributed by atoms with E-state index in [1.54, 1.807) is 0 Å². The molecule has 2 nitrogen and oxygen atoms in total. The van der Waals surface area contributed by atoms with Crippen LogP contribution in [0.25, 0.3) is 0 Å². The Bertz CT molecular complexity index is 204. The van der Waals surface area contributed by atoms with E-state index in [1.165, 1.54) is 12.0 Å². The Kier molecular flexibility index (Phi) is 1.40. The Balaban J connectivity index is 2.18. The lowest BCUT2D eigenvalue weighted by Crippen LogP contribution is -2.34. The van der Waals surface area contributed by atoms with Gasteiger partial charge in [-0.2, -0.15) is 0 Å². The number of hydrogen-bond donors (Lipinski definition) is 1. The number of hydrogen-bond acceptors (Lipinski definition) is 2. The van der Waals surface area contributed by atoms with Crippen molar-refractivity contribution >= 4 is 0 Å². The molecule has 2 rings (SSSR count). The molecule has 0 saturated carbocycles. The zero-order valence-electron chi connectivity index (χ0n) is 5.75. The number of aromatic nitrogens is 1. The zero-order valence-corrected chi connectivity index (χ0v) is 5.75. The van der Waals surface area contributed by atoms with Crippen molar-refractivity contribution in [1.29, 1.82) is 0 Å². The molecule has 2 heterocycles. The summed E-state index contributed by atoms with van der Waals surface area (Å²) in [5.41, 5.74) is 1.36. The third kappa shape index (κ3) is 0.907. The van der Waals surface area contributed by atoms with Crippen LogP contribution in [0.3, 0.4) is 0 Å². The normalized spacial score (nSPS) is 23.8. The highest BCUT2D eigenvalue weighted by Gasteiger charge is 2.17. The highest BCUT2D eigenvalue weighted by molar-refractivity contribution is 5.16. The smallest absolute Gasteiger partial charge is 0.0333 e. The SMILES string of the molecule is c1cc([C@@H]2CCN2)ccn1. The van der Waals surface area contributed by atoms with Crippen LogP contribution >= 0.6 is 0 Å². The quantitative estimate of drug-likeness (QED) is 0.622. The minimum atomic E-state index is 0.600. The maximum atomic E-state index is 3.96. The molecule has 1 atom stereocenters. The van der Waals surface area contributed by atoms with Crippen LogP contribution in [0.2, 0.25) is 0 Å². The summed E-state index contributed by atoms with van der Waals surface area (Å²) in [5.74, 6) is 0. The Morgan fingerprint density at radius 2 is 2.10 bits per heavy atom. The van der Waals surface area contributed by atoms with Gasteiger partial charge in [0, 0.05) is 18.4 Å². The minimum Gasteiger partial charge on any atom is -0.310 e. The molecule has 0 amide bonds. The molecule has 0 aromatic carbocycles. The second-order valence-electron chi connectivity index (χ2n) is 2.58. The first-order valence-electron chi connectivity index (χ1n) is 3.60. The molecular formula is C8H10N2. The van der Waals surface area contributed by atoms with Gasteiger partial charge < -0.3 is 5.32 Å². The first-order valence-corrected chi connectivity index (χ1v) is 3.60. The summed E-state index contributed by atoms with van der Waals surface area (Å²) < 4.78 is 0. The molecule has 0 bridgehead atoms. The first kappa shape index (κ1) is 5.86. The van der Waals surface area contributed by atoms with Crippen molar-refractivity contribution in [2.24, 2.45) is 0 Å². The van der Waals surface area contributed by atoms with E-state index < -0.39 is 0 Å². The topological polar surface area (TPSA) is 24.9 Å². The van der Waals surface area contributed by atoms with Crippen molar-refractivity contribution in [1.82, 2.24) is 10.3 Å². The predicted molar refractivity (Wildman–Crippen MR) is 39.6 cm³/mol. The lowest BCUT2D eigenvalue weighted by atomic mass is 9.99. The molecular weight excluding hydrogens is 124 g/mol. The molecule has 0 unspecified atom stereocenters. The van der Waals surface area contributed by atoms with Gasteiger partial charge in [-0.25, -0.2) is 0 Å². The fraction of sp³-hybridized carbons (Fsp3) is 0.375. The molecule has 52 valence electrons. The van der Waals surface area contributed by atoms with E-state index >= 15 is 0 Å². The van der Waals surface area contributed by atoms with E-state index in [0.717, 1.165) is 6.54 Å². The van der Waals surface area contributed by atoms with Crippen molar-refractivity contribution in [3.63, 3.8) is 0 Å². The van der Waals surface area contributed by atoms with Crippen LogP contribution in [0, 0.1) is 0 Å². The molecule has 1 aliphatic rings. The van der Waals surface area contributed by atoms with Crippen molar-refractivity contribution < 1.29 is 0 Å².